The summed E-state index contributed by atoms with van der Waals surface area (Å²) in [5.74, 6) is -0.0646. The summed E-state index contributed by atoms with van der Waals surface area (Å²) >= 11 is 0. The van der Waals surface area contributed by atoms with E-state index in [4.69, 9.17) is 0 Å². The van der Waals surface area contributed by atoms with Gasteiger partial charge in [-0.1, -0.05) is 66.7 Å². The molecule has 0 radical (unpaired) electrons. The Hall–Kier alpha value is -3.22. The van der Waals surface area contributed by atoms with Crippen LogP contribution in [0.4, 0.5) is 4.79 Å². The fraction of sp³-hybridized carbons (Fsp3) is 0.357. The highest BCUT2D eigenvalue weighted by molar-refractivity contribution is 6.07. The predicted octanol–water partition coefficient (Wildman–Crippen LogP) is 3.39. The van der Waals surface area contributed by atoms with Crippen molar-refractivity contribution in [1.29, 1.82) is 0 Å². The van der Waals surface area contributed by atoms with Gasteiger partial charge >= 0.3 is 6.03 Å². The first-order chi connectivity index (χ1) is 16.6. The number of urea groups is 1. The number of carbonyl (C=O) groups excluding carboxylic acids is 2. The van der Waals surface area contributed by atoms with Crippen molar-refractivity contribution >= 4 is 22.7 Å². The Bertz CT molecular complexity index is 1240. The van der Waals surface area contributed by atoms with Crippen LogP contribution < -0.4 is 5.32 Å². The molecule has 34 heavy (non-hydrogen) atoms. The van der Waals surface area contributed by atoms with E-state index >= 15 is 0 Å². The number of amides is 3. The summed E-state index contributed by atoms with van der Waals surface area (Å²) in [4.78, 5) is 32.4. The van der Waals surface area contributed by atoms with Gasteiger partial charge in [-0.2, -0.15) is 0 Å². The van der Waals surface area contributed by atoms with Crippen molar-refractivity contribution in [2.24, 2.45) is 0 Å². The second-order valence-electron chi connectivity index (χ2n) is 9.86. The zero-order chi connectivity index (χ0) is 23.1. The van der Waals surface area contributed by atoms with Gasteiger partial charge in [0.2, 0.25) is 0 Å². The SMILES string of the molecule is O=C1NC2(CCc3ccccc3C2)C(=O)N1CN1CCN(Cc2cccc3ccccc23)CC1. The average molecular weight is 455 g/mol. The molecule has 1 unspecified atom stereocenters. The standard InChI is InChI=1S/C28H30N4O2/c33-26-28(13-12-21-6-1-2-8-23(21)18-28)29-27(34)32(26)20-31-16-14-30(15-17-31)19-24-10-5-9-22-7-3-4-11-25(22)24/h1-11H,12-20H2,(H,29,34). The molecule has 0 aromatic heterocycles. The fourth-order valence-electron chi connectivity index (χ4n) is 5.79. The van der Waals surface area contributed by atoms with E-state index in [-0.39, 0.29) is 11.9 Å². The lowest BCUT2D eigenvalue weighted by atomic mass is 9.78. The first kappa shape index (κ1) is 21.3. The number of fused-ring (bicyclic) bond motifs is 2. The number of piperazine rings is 1. The lowest BCUT2D eigenvalue weighted by Crippen LogP contribution is -2.53. The smallest absolute Gasteiger partial charge is 0.323 e. The van der Waals surface area contributed by atoms with Gasteiger partial charge in [-0.05, 0) is 40.3 Å². The number of aryl methyl sites for hydroxylation is 1. The topological polar surface area (TPSA) is 55.9 Å². The van der Waals surface area contributed by atoms with Gasteiger partial charge in [0.15, 0.2) is 0 Å². The lowest BCUT2D eigenvalue weighted by Gasteiger charge is -2.36. The molecule has 6 nitrogen and oxygen atoms in total. The molecule has 2 aliphatic heterocycles. The zero-order valence-corrected chi connectivity index (χ0v) is 19.4. The summed E-state index contributed by atoms with van der Waals surface area (Å²) in [6.07, 6.45) is 2.08. The van der Waals surface area contributed by atoms with Crippen LogP contribution in [0.15, 0.2) is 66.7 Å². The number of imide groups is 1. The lowest BCUT2D eigenvalue weighted by molar-refractivity contribution is -0.133. The minimum Gasteiger partial charge on any atom is -0.323 e. The molecule has 6 rings (SSSR count). The number of nitrogens with zero attached hydrogens (tertiary/aromatic N) is 3. The number of nitrogens with one attached hydrogen (secondary N) is 1. The van der Waals surface area contributed by atoms with E-state index in [9.17, 15) is 9.59 Å². The molecule has 3 aromatic rings. The van der Waals surface area contributed by atoms with Crippen molar-refractivity contribution in [3.8, 4) is 0 Å². The Morgan fingerprint density at radius 3 is 2.35 bits per heavy atom. The van der Waals surface area contributed by atoms with E-state index < -0.39 is 5.54 Å². The van der Waals surface area contributed by atoms with E-state index in [0.29, 0.717) is 19.5 Å². The summed E-state index contributed by atoms with van der Waals surface area (Å²) in [5.41, 5.74) is 3.03. The first-order valence-electron chi connectivity index (χ1n) is 12.2. The molecule has 1 aliphatic carbocycles. The largest absolute Gasteiger partial charge is 0.326 e. The van der Waals surface area contributed by atoms with Crippen molar-refractivity contribution in [2.75, 3.05) is 32.8 Å². The van der Waals surface area contributed by atoms with Gasteiger partial charge < -0.3 is 5.32 Å². The van der Waals surface area contributed by atoms with Crippen LogP contribution in [0.3, 0.4) is 0 Å². The highest BCUT2D eigenvalue weighted by atomic mass is 16.2. The molecule has 1 atom stereocenters. The molecule has 3 aliphatic rings. The number of carbonyl (C=O) groups is 2. The molecule has 3 amide bonds. The van der Waals surface area contributed by atoms with Gasteiger partial charge in [-0.15, -0.1) is 0 Å². The Morgan fingerprint density at radius 1 is 0.794 bits per heavy atom. The minimum atomic E-state index is -0.776. The molecule has 0 saturated carbocycles. The summed E-state index contributed by atoms with van der Waals surface area (Å²) in [6.45, 7) is 4.82. The molecule has 2 saturated heterocycles. The summed E-state index contributed by atoms with van der Waals surface area (Å²) in [7, 11) is 0. The second-order valence-corrected chi connectivity index (χ2v) is 9.86. The second kappa shape index (κ2) is 8.53. The number of benzene rings is 3. The normalized spacial score (nSPS) is 23.5. The molecule has 2 heterocycles. The number of hydrogen-bond acceptors (Lipinski definition) is 4. The quantitative estimate of drug-likeness (QED) is 0.614. The predicted molar refractivity (Wildman–Crippen MR) is 132 cm³/mol. The van der Waals surface area contributed by atoms with Crippen molar-refractivity contribution in [3.63, 3.8) is 0 Å². The number of hydrogen-bond donors (Lipinski definition) is 1. The maximum absolute atomic E-state index is 13.4. The molecule has 0 bridgehead atoms. The third-order valence-electron chi connectivity index (χ3n) is 7.76. The van der Waals surface area contributed by atoms with E-state index in [2.05, 4.69) is 69.7 Å². The van der Waals surface area contributed by atoms with E-state index in [1.807, 2.05) is 12.1 Å². The van der Waals surface area contributed by atoms with Gasteiger partial charge in [0.25, 0.3) is 5.91 Å². The van der Waals surface area contributed by atoms with Crippen molar-refractivity contribution in [3.05, 3.63) is 83.4 Å². The van der Waals surface area contributed by atoms with Gasteiger partial charge in [0, 0.05) is 39.1 Å². The van der Waals surface area contributed by atoms with E-state index in [1.54, 1.807) is 0 Å². The Kier molecular flexibility index (Phi) is 5.35. The van der Waals surface area contributed by atoms with E-state index in [0.717, 1.165) is 39.1 Å². The maximum atomic E-state index is 13.4. The Morgan fingerprint density at radius 2 is 1.50 bits per heavy atom. The van der Waals surface area contributed by atoms with Crippen LogP contribution in [0.25, 0.3) is 10.8 Å². The average Bonchev–Trinajstić information content (AvgIpc) is 3.09. The maximum Gasteiger partial charge on any atom is 0.326 e. The highest BCUT2D eigenvalue weighted by Crippen LogP contribution is 2.33. The minimum absolute atomic E-state index is 0.0646. The molecule has 6 heteroatoms. The Balaban J connectivity index is 1.08. The van der Waals surface area contributed by atoms with Crippen LogP contribution >= 0.6 is 0 Å². The monoisotopic (exact) mass is 454 g/mol. The first-order valence-corrected chi connectivity index (χ1v) is 12.2. The van der Waals surface area contributed by atoms with Crippen LogP contribution in [-0.4, -0.2) is 65.0 Å². The van der Waals surface area contributed by atoms with Crippen LogP contribution in [0, 0.1) is 0 Å². The molecule has 1 spiro atoms. The van der Waals surface area contributed by atoms with Gasteiger partial charge in [-0.25, -0.2) is 9.69 Å². The van der Waals surface area contributed by atoms with Crippen molar-refractivity contribution in [2.45, 2.75) is 31.3 Å². The van der Waals surface area contributed by atoms with Gasteiger partial charge in [-0.3, -0.25) is 14.6 Å². The van der Waals surface area contributed by atoms with Crippen LogP contribution in [0.2, 0.25) is 0 Å². The van der Waals surface area contributed by atoms with Crippen LogP contribution in [0.5, 0.6) is 0 Å². The molecule has 174 valence electrons. The molecule has 1 N–H and O–H groups in total. The van der Waals surface area contributed by atoms with Gasteiger partial charge in [0.05, 0.1) is 6.67 Å². The Labute approximate surface area is 200 Å². The summed E-state index contributed by atoms with van der Waals surface area (Å²) in [6, 6.07) is 23.0. The molecular weight excluding hydrogens is 424 g/mol. The fourth-order valence-corrected chi connectivity index (χ4v) is 5.79. The summed E-state index contributed by atoms with van der Waals surface area (Å²) < 4.78 is 0. The van der Waals surface area contributed by atoms with E-state index in [1.165, 1.54) is 32.4 Å². The molecule has 2 fully saturated rings. The third-order valence-corrected chi connectivity index (χ3v) is 7.76. The molecule has 3 aromatic carbocycles. The van der Waals surface area contributed by atoms with Crippen molar-refractivity contribution in [1.82, 2.24) is 20.0 Å². The van der Waals surface area contributed by atoms with Crippen LogP contribution in [0.1, 0.15) is 23.1 Å². The third kappa shape index (κ3) is 3.77. The van der Waals surface area contributed by atoms with Gasteiger partial charge in [0.1, 0.15) is 5.54 Å². The highest BCUT2D eigenvalue weighted by Gasteiger charge is 2.52. The molecular formula is C28H30N4O2. The zero-order valence-electron chi connectivity index (χ0n) is 19.4. The van der Waals surface area contributed by atoms with Crippen molar-refractivity contribution < 1.29 is 9.59 Å². The number of rotatable bonds is 4. The van der Waals surface area contributed by atoms with Crippen LogP contribution in [-0.2, 0) is 24.2 Å². The summed E-state index contributed by atoms with van der Waals surface area (Å²) in [5, 5.41) is 5.64.